The van der Waals surface area contributed by atoms with E-state index in [1.165, 1.54) is 0 Å². The standard InChI is InChI=1S/C26H21Cl2N3O2S/c1-2-32-18-9-7-17(8-10-18)31-25(24(30-26(31)34)21-5-3-4-14-29-21)23-13-12-22(33-23)16-6-11-19(27)20(28)15-16/h3-15,24-25H,2H2,1H3,(H,30,34)/t24-,25+/m0/s1. The Morgan fingerprint density at radius 1 is 1.03 bits per heavy atom. The van der Waals surface area contributed by atoms with Gasteiger partial charge in [-0.1, -0.05) is 29.3 Å². The summed E-state index contributed by atoms with van der Waals surface area (Å²) in [7, 11) is 0. The molecule has 34 heavy (non-hydrogen) atoms. The van der Waals surface area contributed by atoms with Gasteiger partial charge in [0.05, 0.1) is 28.4 Å². The van der Waals surface area contributed by atoms with Crippen LogP contribution >= 0.6 is 35.4 Å². The maximum atomic E-state index is 6.37. The van der Waals surface area contributed by atoms with Gasteiger partial charge in [-0.3, -0.25) is 4.98 Å². The summed E-state index contributed by atoms with van der Waals surface area (Å²) < 4.78 is 12.0. The number of pyridine rings is 1. The molecular weight excluding hydrogens is 489 g/mol. The monoisotopic (exact) mass is 509 g/mol. The summed E-state index contributed by atoms with van der Waals surface area (Å²) in [5.41, 5.74) is 2.64. The molecule has 1 N–H and O–H groups in total. The summed E-state index contributed by atoms with van der Waals surface area (Å²) in [4.78, 5) is 6.64. The van der Waals surface area contributed by atoms with Gasteiger partial charge < -0.3 is 19.4 Å². The maximum Gasteiger partial charge on any atom is 0.174 e. The van der Waals surface area contributed by atoms with E-state index in [1.54, 1.807) is 18.3 Å². The van der Waals surface area contributed by atoms with Crippen molar-refractivity contribution in [1.82, 2.24) is 10.3 Å². The molecule has 1 aliphatic rings. The topological polar surface area (TPSA) is 50.5 Å². The number of rotatable bonds is 6. The highest BCUT2D eigenvalue weighted by Gasteiger charge is 2.42. The molecule has 0 saturated carbocycles. The first-order valence-electron chi connectivity index (χ1n) is 10.8. The Morgan fingerprint density at radius 2 is 1.85 bits per heavy atom. The summed E-state index contributed by atoms with van der Waals surface area (Å²) in [6.07, 6.45) is 1.78. The average molecular weight is 510 g/mol. The number of nitrogens with zero attached hydrogens (tertiary/aromatic N) is 2. The zero-order chi connectivity index (χ0) is 23.7. The lowest BCUT2D eigenvalue weighted by Crippen LogP contribution is -2.29. The van der Waals surface area contributed by atoms with Gasteiger partial charge in [0.25, 0.3) is 0 Å². The Balaban J connectivity index is 1.56. The van der Waals surface area contributed by atoms with Crippen LogP contribution in [-0.4, -0.2) is 16.7 Å². The van der Waals surface area contributed by atoms with Crippen LogP contribution in [0.1, 0.15) is 30.5 Å². The van der Waals surface area contributed by atoms with Gasteiger partial charge in [0.1, 0.15) is 23.3 Å². The molecule has 172 valence electrons. The van der Waals surface area contributed by atoms with E-state index in [2.05, 4.69) is 15.2 Å². The third kappa shape index (κ3) is 4.37. The first kappa shape index (κ1) is 22.7. The smallest absolute Gasteiger partial charge is 0.174 e. The summed E-state index contributed by atoms with van der Waals surface area (Å²) in [6, 6.07) is 22.6. The first-order chi connectivity index (χ1) is 16.5. The third-order valence-corrected chi connectivity index (χ3v) is 6.70. The number of halogens is 2. The predicted molar refractivity (Wildman–Crippen MR) is 140 cm³/mol. The number of nitrogens with one attached hydrogen (secondary N) is 1. The van der Waals surface area contributed by atoms with Crippen LogP contribution in [0.3, 0.4) is 0 Å². The van der Waals surface area contributed by atoms with Gasteiger partial charge in [-0.25, -0.2) is 0 Å². The summed E-state index contributed by atoms with van der Waals surface area (Å²) >= 11 is 18.1. The average Bonchev–Trinajstić information content (AvgIpc) is 3.47. The van der Waals surface area contributed by atoms with E-state index in [-0.39, 0.29) is 12.1 Å². The highest BCUT2D eigenvalue weighted by Crippen LogP contribution is 2.43. The second kappa shape index (κ2) is 9.66. The highest BCUT2D eigenvalue weighted by molar-refractivity contribution is 7.80. The molecule has 1 fully saturated rings. The predicted octanol–water partition coefficient (Wildman–Crippen LogP) is 7.22. The lowest BCUT2D eigenvalue weighted by atomic mass is 10.0. The number of hydrogen-bond donors (Lipinski definition) is 1. The van der Waals surface area contributed by atoms with Crippen LogP contribution < -0.4 is 15.0 Å². The van der Waals surface area contributed by atoms with Crippen LogP contribution in [0.5, 0.6) is 5.75 Å². The molecule has 0 unspecified atom stereocenters. The zero-order valence-electron chi connectivity index (χ0n) is 18.2. The number of aromatic nitrogens is 1. The second-order valence-corrected chi connectivity index (χ2v) is 8.96. The van der Waals surface area contributed by atoms with Gasteiger partial charge in [0.15, 0.2) is 5.11 Å². The molecule has 1 aliphatic heterocycles. The van der Waals surface area contributed by atoms with Crippen molar-refractivity contribution in [3.8, 4) is 17.1 Å². The molecule has 0 bridgehead atoms. The Labute approximate surface area is 213 Å². The van der Waals surface area contributed by atoms with Crippen LogP contribution in [0, 0.1) is 0 Å². The van der Waals surface area contributed by atoms with Gasteiger partial charge in [0, 0.05) is 17.4 Å². The molecule has 0 spiro atoms. The van der Waals surface area contributed by atoms with Gasteiger partial charge in [-0.2, -0.15) is 0 Å². The van der Waals surface area contributed by atoms with E-state index >= 15 is 0 Å². The van der Waals surface area contributed by atoms with Crippen molar-refractivity contribution >= 4 is 46.2 Å². The SMILES string of the molecule is CCOc1ccc(N2C(=S)N[C@@H](c3ccccn3)[C@H]2c2ccc(-c3ccc(Cl)c(Cl)c3)o2)cc1. The van der Waals surface area contributed by atoms with Crippen molar-refractivity contribution in [2.24, 2.45) is 0 Å². The minimum absolute atomic E-state index is 0.201. The molecule has 1 saturated heterocycles. The van der Waals surface area contributed by atoms with E-state index in [0.717, 1.165) is 28.5 Å². The van der Waals surface area contributed by atoms with Crippen LogP contribution in [0.2, 0.25) is 10.0 Å². The molecule has 0 aliphatic carbocycles. The number of benzene rings is 2. The Kier molecular flexibility index (Phi) is 6.46. The molecular formula is C26H21Cl2N3O2S. The van der Waals surface area contributed by atoms with Crippen molar-refractivity contribution in [2.75, 3.05) is 11.5 Å². The van der Waals surface area contributed by atoms with E-state index in [4.69, 9.17) is 44.6 Å². The number of thiocarbonyl (C=S) groups is 1. The number of hydrogen-bond acceptors (Lipinski definition) is 4. The number of ether oxygens (including phenoxy) is 1. The fourth-order valence-electron chi connectivity index (χ4n) is 4.11. The van der Waals surface area contributed by atoms with Crippen molar-refractivity contribution in [3.05, 3.63) is 100 Å². The van der Waals surface area contributed by atoms with E-state index in [1.807, 2.05) is 67.6 Å². The lowest BCUT2D eigenvalue weighted by molar-refractivity contribution is 0.340. The van der Waals surface area contributed by atoms with Gasteiger partial charge in [-0.15, -0.1) is 0 Å². The molecule has 4 aromatic rings. The maximum absolute atomic E-state index is 6.37. The Bertz CT molecular complexity index is 1310. The quantitative estimate of drug-likeness (QED) is 0.276. The minimum Gasteiger partial charge on any atom is -0.494 e. The number of anilines is 1. The summed E-state index contributed by atoms with van der Waals surface area (Å²) in [6.45, 7) is 2.57. The molecule has 8 heteroatoms. The van der Waals surface area contributed by atoms with E-state index in [0.29, 0.717) is 27.5 Å². The van der Waals surface area contributed by atoms with Crippen LogP contribution in [0.4, 0.5) is 5.69 Å². The van der Waals surface area contributed by atoms with Crippen molar-refractivity contribution in [3.63, 3.8) is 0 Å². The molecule has 3 heterocycles. The molecule has 5 nitrogen and oxygen atoms in total. The van der Waals surface area contributed by atoms with Gasteiger partial charge in [-0.05, 0) is 85.9 Å². The fourth-order valence-corrected chi connectivity index (χ4v) is 4.75. The second-order valence-electron chi connectivity index (χ2n) is 7.75. The molecule has 5 rings (SSSR count). The molecule has 2 aromatic carbocycles. The largest absolute Gasteiger partial charge is 0.494 e. The molecule has 2 aromatic heterocycles. The van der Waals surface area contributed by atoms with Crippen molar-refractivity contribution < 1.29 is 9.15 Å². The summed E-state index contributed by atoms with van der Waals surface area (Å²) in [5, 5.41) is 5.01. The normalized spacial score (nSPS) is 17.6. The molecule has 0 amide bonds. The highest BCUT2D eigenvalue weighted by atomic mass is 35.5. The van der Waals surface area contributed by atoms with Crippen molar-refractivity contribution in [1.29, 1.82) is 0 Å². The van der Waals surface area contributed by atoms with Crippen LogP contribution in [0.15, 0.2) is 83.4 Å². The van der Waals surface area contributed by atoms with Gasteiger partial charge in [0.2, 0.25) is 0 Å². The molecule has 0 radical (unpaired) electrons. The first-order valence-corrected chi connectivity index (χ1v) is 12.0. The minimum atomic E-state index is -0.253. The Morgan fingerprint density at radius 3 is 2.56 bits per heavy atom. The number of furan rings is 1. The fraction of sp³-hybridized carbons (Fsp3) is 0.154. The lowest BCUT2D eigenvalue weighted by Gasteiger charge is -2.26. The van der Waals surface area contributed by atoms with Gasteiger partial charge >= 0.3 is 0 Å². The van der Waals surface area contributed by atoms with Crippen LogP contribution in [0.25, 0.3) is 11.3 Å². The summed E-state index contributed by atoms with van der Waals surface area (Å²) in [5.74, 6) is 2.25. The van der Waals surface area contributed by atoms with Crippen molar-refractivity contribution in [2.45, 2.75) is 19.0 Å². The zero-order valence-corrected chi connectivity index (χ0v) is 20.6. The Hall–Kier alpha value is -3.06. The van der Waals surface area contributed by atoms with E-state index < -0.39 is 0 Å². The van der Waals surface area contributed by atoms with Crippen LogP contribution in [-0.2, 0) is 0 Å². The van der Waals surface area contributed by atoms with E-state index in [9.17, 15) is 0 Å². The molecule has 2 atom stereocenters. The third-order valence-electron chi connectivity index (χ3n) is 5.65.